The average molecular weight is 587 g/mol. The molecule has 9 nitrogen and oxygen atoms in total. The molecule has 2 N–H and O–H groups in total. The number of esters is 1. The van der Waals surface area contributed by atoms with Gasteiger partial charge in [-0.15, -0.1) is 0 Å². The van der Waals surface area contributed by atoms with Gasteiger partial charge in [0.2, 0.25) is 0 Å². The van der Waals surface area contributed by atoms with E-state index in [-0.39, 0.29) is 37.8 Å². The monoisotopic (exact) mass is 586 g/mol. The van der Waals surface area contributed by atoms with Gasteiger partial charge < -0.3 is 24.8 Å². The molecule has 0 saturated carbocycles. The largest absolute Gasteiger partial charge is 0.459 e. The van der Waals surface area contributed by atoms with Crippen LogP contribution in [-0.2, 0) is 30.4 Å². The van der Waals surface area contributed by atoms with Crippen LogP contribution in [0.25, 0.3) is 11.1 Å². The highest BCUT2D eigenvalue weighted by molar-refractivity contribution is 5.88. The minimum Gasteiger partial charge on any atom is -0.459 e. The van der Waals surface area contributed by atoms with E-state index in [0.29, 0.717) is 0 Å². The van der Waals surface area contributed by atoms with Gasteiger partial charge in [-0.05, 0) is 61.9 Å². The molecular weight excluding hydrogens is 548 g/mol. The van der Waals surface area contributed by atoms with E-state index < -0.39 is 35.8 Å². The summed E-state index contributed by atoms with van der Waals surface area (Å²) in [6.45, 7) is 6.78. The van der Waals surface area contributed by atoms with Crippen LogP contribution < -0.4 is 10.6 Å². The molecule has 3 aromatic rings. The third kappa shape index (κ3) is 8.67. The molecule has 2 amide bonds. The number of carbonyl (C=O) groups is 4. The van der Waals surface area contributed by atoms with Gasteiger partial charge in [0.1, 0.15) is 24.9 Å². The number of nitrogens with one attached hydrogen (secondary N) is 2. The normalized spacial score (nSPS) is 13.6. The lowest BCUT2D eigenvalue weighted by molar-refractivity contribution is -0.147. The summed E-state index contributed by atoms with van der Waals surface area (Å²) < 4.78 is 16.3. The van der Waals surface area contributed by atoms with Crippen LogP contribution in [0.5, 0.6) is 0 Å². The van der Waals surface area contributed by atoms with Crippen LogP contribution in [0.4, 0.5) is 9.59 Å². The van der Waals surface area contributed by atoms with Crippen molar-refractivity contribution in [2.45, 2.75) is 70.7 Å². The van der Waals surface area contributed by atoms with E-state index in [9.17, 15) is 19.2 Å². The van der Waals surface area contributed by atoms with Crippen LogP contribution in [0.1, 0.15) is 63.1 Å². The third-order valence-corrected chi connectivity index (χ3v) is 7.04. The molecule has 0 aromatic heterocycles. The zero-order valence-corrected chi connectivity index (χ0v) is 24.9. The minimum atomic E-state index is -1.14. The van der Waals surface area contributed by atoms with Crippen molar-refractivity contribution < 1.29 is 33.4 Å². The topological polar surface area (TPSA) is 120 Å². The smallest absolute Gasteiger partial charge is 0.408 e. The van der Waals surface area contributed by atoms with Crippen LogP contribution in [0, 0.1) is 0 Å². The summed E-state index contributed by atoms with van der Waals surface area (Å²) in [4.78, 5) is 50.9. The number of ether oxygens (including phenoxy) is 3. The Morgan fingerprint density at radius 2 is 1.35 bits per heavy atom. The molecule has 4 rings (SSSR count). The van der Waals surface area contributed by atoms with Gasteiger partial charge >= 0.3 is 18.2 Å². The molecule has 2 atom stereocenters. The van der Waals surface area contributed by atoms with Crippen molar-refractivity contribution in [3.63, 3.8) is 0 Å². The molecule has 226 valence electrons. The second kappa shape index (κ2) is 14.0. The Morgan fingerprint density at radius 3 is 1.95 bits per heavy atom. The number of alkyl carbamates (subject to hydrolysis) is 2. The summed E-state index contributed by atoms with van der Waals surface area (Å²) in [5, 5.41) is 5.10. The molecule has 0 saturated heterocycles. The molecule has 0 spiro atoms. The molecule has 1 aliphatic carbocycles. The van der Waals surface area contributed by atoms with E-state index in [2.05, 4.69) is 10.6 Å². The van der Waals surface area contributed by atoms with Crippen molar-refractivity contribution in [3.05, 3.63) is 95.6 Å². The van der Waals surface area contributed by atoms with Crippen molar-refractivity contribution in [1.29, 1.82) is 0 Å². The van der Waals surface area contributed by atoms with E-state index in [4.69, 9.17) is 14.2 Å². The van der Waals surface area contributed by atoms with Gasteiger partial charge in [0.25, 0.3) is 0 Å². The minimum absolute atomic E-state index is 0.00704. The molecule has 9 heteroatoms. The summed E-state index contributed by atoms with van der Waals surface area (Å²) in [5.41, 5.74) is 4.39. The molecule has 0 bridgehead atoms. The summed E-state index contributed by atoms with van der Waals surface area (Å²) in [7, 11) is 0. The van der Waals surface area contributed by atoms with Gasteiger partial charge in [0.15, 0.2) is 5.78 Å². The van der Waals surface area contributed by atoms with Gasteiger partial charge in [0, 0.05) is 12.3 Å². The number of ketones is 1. The van der Waals surface area contributed by atoms with Gasteiger partial charge in [0.05, 0.1) is 6.04 Å². The van der Waals surface area contributed by atoms with Crippen molar-refractivity contribution in [2.75, 3.05) is 6.61 Å². The van der Waals surface area contributed by atoms with Gasteiger partial charge in [-0.2, -0.15) is 0 Å². The number of carbonyl (C=O) groups excluding carboxylic acids is 4. The molecular formula is C34H38N2O7. The van der Waals surface area contributed by atoms with Crippen LogP contribution in [0.15, 0.2) is 78.9 Å². The highest BCUT2D eigenvalue weighted by Gasteiger charge is 2.31. The standard InChI is InChI=1S/C34H38N2O7/c1-22(35-33(40)43-34(2,3)4)30(37)19-18-29(31(38)41-20-23-12-6-5-7-13-23)36-32(39)42-21-28-26-16-10-8-14-24(26)25-15-9-11-17-27(25)28/h5-17,22,28-29H,18-21H2,1-4H3,(H,35,40)(H,36,39)/t22-,29-/m0/s1. The van der Waals surface area contributed by atoms with Crippen molar-refractivity contribution in [1.82, 2.24) is 10.6 Å². The molecule has 0 aliphatic heterocycles. The Balaban J connectivity index is 1.38. The second-order valence-electron chi connectivity index (χ2n) is 11.5. The number of rotatable bonds is 11. The predicted octanol–water partition coefficient (Wildman–Crippen LogP) is 5.90. The molecule has 0 radical (unpaired) electrons. The van der Waals surface area contributed by atoms with Crippen LogP contribution in [-0.4, -0.2) is 48.2 Å². The highest BCUT2D eigenvalue weighted by Crippen LogP contribution is 2.44. The number of hydrogen-bond acceptors (Lipinski definition) is 7. The predicted molar refractivity (Wildman–Crippen MR) is 161 cm³/mol. The first-order valence-electron chi connectivity index (χ1n) is 14.4. The first kappa shape index (κ1) is 31.3. The summed E-state index contributed by atoms with van der Waals surface area (Å²) >= 11 is 0. The van der Waals surface area contributed by atoms with E-state index in [1.807, 2.05) is 78.9 Å². The fourth-order valence-corrected chi connectivity index (χ4v) is 4.93. The fraction of sp³-hybridized carbons (Fsp3) is 0.353. The molecule has 0 heterocycles. The molecule has 0 fully saturated rings. The molecule has 0 unspecified atom stereocenters. The number of amides is 2. The molecule has 43 heavy (non-hydrogen) atoms. The number of fused-ring (bicyclic) bond motifs is 3. The first-order chi connectivity index (χ1) is 20.5. The first-order valence-corrected chi connectivity index (χ1v) is 14.4. The van der Waals surface area contributed by atoms with E-state index in [0.717, 1.165) is 27.8 Å². The average Bonchev–Trinajstić information content (AvgIpc) is 3.29. The Hall–Kier alpha value is -4.66. The van der Waals surface area contributed by atoms with Crippen molar-refractivity contribution in [3.8, 4) is 11.1 Å². The maximum Gasteiger partial charge on any atom is 0.408 e. The number of Topliss-reactive ketones (excluding diaryl/α,β-unsaturated/α-hetero) is 1. The number of benzene rings is 3. The Bertz CT molecular complexity index is 1400. The fourth-order valence-electron chi connectivity index (χ4n) is 4.93. The zero-order chi connectivity index (χ0) is 31.0. The lowest BCUT2D eigenvalue weighted by Crippen LogP contribution is -2.44. The Morgan fingerprint density at radius 1 is 0.767 bits per heavy atom. The van der Waals surface area contributed by atoms with E-state index >= 15 is 0 Å². The van der Waals surface area contributed by atoms with Crippen molar-refractivity contribution in [2.24, 2.45) is 0 Å². The summed E-state index contributed by atoms with van der Waals surface area (Å²) in [6, 6.07) is 23.1. The van der Waals surface area contributed by atoms with Crippen LogP contribution in [0.3, 0.4) is 0 Å². The lowest BCUT2D eigenvalue weighted by Gasteiger charge is -2.22. The van der Waals surface area contributed by atoms with Crippen molar-refractivity contribution >= 4 is 23.9 Å². The lowest BCUT2D eigenvalue weighted by atomic mass is 9.98. The van der Waals surface area contributed by atoms with E-state index in [1.54, 1.807) is 20.8 Å². The maximum absolute atomic E-state index is 13.1. The molecule has 1 aliphatic rings. The van der Waals surface area contributed by atoms with Gasteiger partial charge in [-0.1, -0.05) is 78.9 Å². The Labute approximate surface area is 251 Å². The highest BCUT2D eigenvalue weighted by atomic mass is 16.6. The number of hydrogen-bond donors (Lipinski definition) is 2. The summed E-state index contributed by atoms with van der Waals surface area (Å²) in [6.07, 6.45) is -1.66. The quantitative estimate of drug-likeness (QED) is 0.212. The molecule has 3 aromatic carbocycles. The van der Waals surface area contributed by atoms with Gasteiger partial charge in [-0.25, -0.2) is 14.4 Å². The SMILES string of the molecule is C[C@H](NC(=O)OC(C)(C)C)C(=O)CC[C@H](NC(=O)OCC1c2ccccc2-c2ccccc21)C(=O)OCc1ccccc1. The second-order valence-corrected chi connectivity index (χ2v) is 11.5. The third-order valence-electron chi connectivity index (χ3n) is 7.04. The Kier molecular flexibility index (Phi) is 10.2. The zero-order valence-electron chi connectivity index (χ0n) is 24.9. The van der Waals surface area contributed by atoms with Crippen LogP contribution in [0.2, 0.25) is 0 Å². The van der Waals surface area contributed by atoms with Crippen LogP contribution >= 0.6 is 0 Å². The maximum atomic E-state index is 13.1. The van der Waals surface area contributed by atoms with Gasteiger partial charge in [-0.3, -0.25) is 4.79 Å². The summed E-state index contributed by atoms with van der Waals surface area (Å²) in [5.74, 6) is -1.18. The van der Waals surface area contributed by atoms with E-state index in [1.165, 1.54) is 6.92 Å².